The molecule has 0 aliphatic carbocycles. The van der Waals surface area contributed by atoms with Gasteiger partial charge in [0.1, 0.15) is 0 Å². The number of hydrogen-bond donors (Lipinski definition) is 0. The third-order valence-corrected chi connectivity index (χ3v) is 3.04. The summed E-state index contributed by atoms with van der Waals surface area (Å²) in [5.41, 5.74) is 0. The van der Waals surface area contributed by atoms with Crippen molar-refractivity contribution >= 4 is 0 Å². The summed E-state index contributed by atoms with van der Waals surface area (Å²) in [4.78, 5) is 0. The van der Waals surface area contributed by atoms with Crippen LogP contribution in [0.4, 0.5) is 0 Å². The molecule has 4 heteroatoms. The first-order chi connectivity index (χ1) is 12.0. The molecule has 0 bridgehead atoms. The maximum atomic E-state index is 5.56. The molecule has 0 aromatic rings. The Morgan fingerprint density at radius 1 is 0.385 bits per heavy atom. The standard InChI is InChI=1S/2C11H24O2/c2*1-9(2)6-12-8-11(5)13-7-10(3)4/h2*9-11H,6-8H2,1-5H3. The van der Waals surface area contributed by atoms with E-state index in [0.717, 1.165) is 26.4 Å². The summed E-state index contributed by atoms with van der Waals surface area (Å²) < 4.78 is 22.0. The highest BCUT2D eigenvalue weighted by atomic mass is 16.5. The van der Waals surface area contributed by atoms with Crippen molar-refractivity contribution in [2.45, 2.75) is 81.4 Å². The molecule has 0 heterocycles. The predicted octanol–water partition coefficient (Wildman–Crippen LogP) is 5.44. The summed E-state index contributed by atoms with van der Waals surface area (Å²) in [7, 11) is 0. The van der Waals surface area contributed by atoms with Crippen LogP contribution in [-0.4, -0.2) is 51.8 Å². The van der Waals surface area contributed by atoms with Crippen LogP contribution in [0.2, 0.25) is 0 Å². The van der Waals surface area contributed by atoms with Crippen LogP contribution in [-0.2, 0) is 18.9 Å². The molecule has 0 aromatic heterocycles. The third kappa shape index (κ3) is 26.1. The fraction of sp³-hybridized carbons (Fsp3) is 1.00. The lowest BCUT2D eigenvalue weighted by atomic mass is 10.2. The minimum atomic E-state index is 0.223. The zero-order valence-corrected chi connectivity index (χ0v) is 19.3. The average molecular weight is 377 g/mol. The van der Waals surface area contributed by atoms with E-state index in [1.54, 1.807) is 0 Å². The largest absolute Gasteiger partial charge is 0.379 e. The minimum Gasteiger partial charge on any atom is -0.379 e. The molecule has 0 rings (SSSR count). The van der Waals surface area contributed by atoms with Gasteiger partial charge in [0.25, 0.3) is 0 Å². The molecule has 2 unspecified atom stereocenters. The van der Waals surface area contributed by atoms with E-state index in [0.29, 0.717) is 36.9 Å². The van der Waals surface area contributed by atoms with Gasteiger partial charge in [0, 0.05) is 26.4 Å². The number of rotatable bonds is 14. The van der Waals surface area contributed by atoms with Crippen LogP contribution < -0.4 is 0 Å². The van der Waals surface area contributed by atoms with E-state index < -0.39 is 0 Å². The van der Waals surface area contributed by atoms with Crippen molar-refractivity contribution in [1.29, 1.82) is 0 Å². The molecule has 0 fully saturated rings. The maximum Gasteiger partial charge on any atom is 0.0780 e. The summed E-state index contributed by atoms with van der Waals surface area (Å²) in [6.45, 7) is 26.1. The van der Waals surface area contributed by atoms with Crippen molar-refractivity contribution in [3.63, 3.8) is 0 Å². The van der Waals surface area contributed by atoms with Gasteiger partial charge in [-0.15, -0.1) is 0 Å². The maximum absolute atomic E-state index is 5.56. The van der Waals surface area contributed by atoms with E-state index in [4.69, 9.17) is 18.9 Å². The second kappa shape index (κ2) is 18.2. The smallest absolute Gasteiger partial charge is 0.0780 e. The summed E-state index contributed by atoms with van der Waals surface area (Å²) in [6.07, 6.45) is 0.447. The Morgan fingerprint density at radius 3 is 0.885 bits per heavy atom. The molecule has 0 spiro atoms. The molecule has 0 aliphatic heterocycles. The minimum absolute atomic E-state index is 0.223. The van der Waals surface area contributed by atoms with Crippen molar-refractivity contribution in [1.82, 2.24) is 0 Å². The Morgan fingerprint density at radius 2 is 0.654 bits per heavy atom. The fourth-order valence-corrected chi connectivity index (χ4v) is 1.75. The van der Waals surface area contributed by atoms with Crippen molar-refractivity contribution in [3.05, 3.63) is 0 Å². The SMILES string of the molecule is CC(C)COCC(C)OCC(C)C.CC(C)COCC(C)OCC(C)C. The van der Waals surface area contributed by atoms with Gasteiger partial charge < -0.3 is 18.9 Å². The van der Waals surface area contributed by atoms with Crippen LogP contribution in [0.25, 0.3) is 0 Å². The topological polar surface area (TPSA) is 36.9 Å². The molecular weight excluding hydrogens is 328 g/mol. The predicted molar refractivity (Wildman–Crippen MR) is 112 cm³/mol. The Balaban J connectivity index is 0. The lowest BCUT2D eigenvalue weighted by molar-refractivity contribution is -0.0215. The van der Waals surface area contributed by atoms with Gasteiger partial charge in [0.15, 0.2) is 0 Å². The molecule has 0 saturated carbocycles. The zero-order chi connectivity index (χ0) is 20.5. The Hall–Kier alpha value is -0.160. The molecule has 0 N–H and O–H groups in total. The van der Waals surface area contributed by atoms with Gasteiger partial charge >= 0.3 is 0 Å². The monoisotopic (exact) mass is 376 g/mol. The van der Waals surface area contributed by atoms with E-state index in [1.165, 1.54) is 0 Å². The highest BCUT2D eigenvalue weighted by Crippen LogP contribution is 2.01. The summed E-state index contributed by atoms with van der Waals surface area (Å²) >= 11 is 0. The van der Waals surface area contributed by atoms with Crippen LogP contribution in [0.5, 0.6) is 0 Å². The van der Waals surface area contributed by atoms with Gasteiger partial charge in [-0.2, -0.15) is 0 Å². The average Bonchev–Trinajstić information content (AvgIpc) is 2.51. The van der Waals surface area contributed by atoms with E-state index >= 15 is 0 Å². The molecule has 160 valence electrons. The number of ether oxygens (including phenoxy) is 4. The summed E-state index contributed by atoms with van der Waals surface area (Å²) in [5.74, 6) is 2.43. The first-order valence-corrected chi connectivity index (χ1v) is 10.4. The molecule has 2 atom stereocenters. The number of hydrogen-bond acceptors (Lipinski definition) is 4. The molecule has 0 radical (unpaired) electrons. The fourth-order valence-electron chi connectivity index (χ4n) is 1.75. The van der Waals surface area contributed by atoms with Crippen molar-refractivity contribution in [2.24, 2.45) is 23.7 Å². The van der Waals surface area contributed by atoms with Crippen molar-refractivity contribution in [3.8, 4) is 0 Å². The first kappa shape index (κ1) is 28.1. The zero-order valence-electron chi connectivity index (χ0n) is 19.3. The summed E-state index contributed by atoms with van der Waals surface area (Å²) in [5, 5.41) is 0. The molecule has 0 amide bonds. The van der Waals surface area contributed by atoms with Crippen molar-refractivity contribution in [2.75, 3.05) is 39.6 Å². The van der Waals surface area contributed by atoms with Gasteiger partial charge in [-0.05, 0) is 37.5 Å². The van der Waals surface area contributed by atoms with E-state index in [-0.39, 0.29) is 12.2 Å². The molecule has 0 saturated heterocycles. The lowest BCUT2D eigenvalue weighted by Crippen LogP contribution is -2.19. The van der Waals surface area contributed by atoms with E-state index in [9.17, 15) is 0 Å². The Bertz CT molecular complexity index is 249. The van der Waals surface area contributed by atoms with Gasteiger partial charge in [-0.3, -0.25) is 0 Å². The Labute approximate surface area is 164 Å². The van der Waals surface area contributed by atoms with Crippen LogP contribution in [0.3, 0.4) is 0 Å². The first-order valence-electron chi connectivity index (χ1n) is 10.4. The highest BCUT2D eigenvalue weighted by molar-refractivity contribution is 4.51. The van der Waals surface area contributed by atoms with E-state index in [1.807, 2.05) is 0 Å². The molecule has 4 nitrogen and oxygen atoms in total. The van der Waals surface area contributed by atoms with Gasteiger partial charge in [0.2, 0.25) is 0 Å². The Kier molecular flexibility index (Phi) is 19.7. The normalized spacial score (nSPS) is 14.1. The highest BCUT2D eigenvalue weighted by Gasteiger charge is 2.05. The van der Waals surface area contributed by atoms with Crippen LogP contribution in [0.15, 0.2) is 0 Å². The quantitative estimate of drug-likeness (QED) is 0.404. The van der Waals surface area contributed by atoms with Gasteiger partial charge in [-0.25, -0.2) is 0 Å². The van der Waals surface area contributed by atoms with E-state index in [2.05, 4.69) is 69.2 Å². The molecule has 0 aromatic carbocycles. The molecule has 26 heavy (non-hydrogen) atoms. The lowest BCUT2D eigenvalue weighted by Gasteiger charge is -2.15. The van der Waals surface area contributed by atoms with Crippen molar-refractivity contribution < 1.29 is 18.9 Å². The summed E-state index contributed by atoms with van der Waals surface area (Å²) in [6, 6.07) is 0. The third-order valence-electron chi connectivity index (χ3n) is 3.04. The van der Waals surface area contributed by atoms with Gasteiger partial charge in [-0.1, -0.05) is 55.4 Å². The van der Waals surface area contributed by atoms with Crippen LogP contribution >= 0.6 is 0 Å². The molecule has 0 aliphatic rings. The second-order valence-electron chi connectivity index (χ2n) is 8.94. The second-order valence-corrected chi connectivity index (χ2v) is 8.94. The van der Waals surface area contributed by atoms with Crippen LogP contribution in [0, 0.1) is 23.7 Å². The molecular formula is C22H48O4. The van der Waals surface area contributed by atoms with Gasteiger partial charge in [0.05, 0.1) is 25.4 Å². The van der Waals surface area contributed by atoms with Crippen LogP contribution in [0.1, 0.15) is 69.2 Å².